The van der Waals surface area contributed by atoms with Crippen LogP contribution in [0.5, 0.6) is 0 Å². The second-order valence-electron chi connectivity index (χ2n) is 8.21. The predicted molar refractivity (Wildman–Crippen MR) is 109 cm³/mol. The first kappa shape index (κ1) is 20.2. The molecule has 1 saturated carbocycles. The average molecular weight is 391 g/mol. The number of carbonyl (C=O) groups is 2. The molecule has 0 spiro atoms. The molecule has 148 valence electrons. The van der Waals surface area contributed by atoms with Gasteiger partial charge in [-0.3, -0.25) is 9.59 Å². The van der Waals surface area contributed by atoms with E-state index in [4.69, 9.17) is 11.6 Å². The van der Waals surface area contributed by atoms with Crippen molar-refractivity contribution in [3.05, 3.63) is 34.9 Å². The maximum absolute atomic E-state index is 13.1. The van der Waals surface area contributed by atoms with Crippen molar-refractivity contribution in [3.63, 3.8) is 0 Å². The number of benzene rings is 1. The van der Waals surface area contributed by atoms with E-state index in [9.17, 15) is 9.59 Å². The minimum Gasteiger partial charge on any atom is -0.351 e. The van der Waals surface area contributed by atoms with Crippen molar-refractivity contribution in [2.45, 2.75) is 82.7 Å². The van der Waals surface area contributed by atoms with Crippen molar-refractivity contribution in [1.82, 2.24) is 10.2 Å². The first-order valence-electron chi connectivity index (χ1n) is 10.3. The number of rotatable bonds is 5. The standard InChI is InChI=1S/C22H31ClN2O2/c1-22(21(27)24-19-7-5-3-2-4-6-8-19)15-13-20(26)25(22)16-14-17-9-11-18(23)12-10-17/h9-12,19H,2-8,13-16H2,1H3,(H,24,27)/t22-/m0/s1. The molecule has 2 fully saturated rings. The maximum Gasteiger partial charge on any atom is 0.245 e. The quantitative estimate of drug-likeness (QED) is 0.805. The molecule has 2 amide bonds. The third-order valence-electron chi connectivity index (χ3n) is 6.19. The molecule has 27 heavy (non-hydrogen) atoms. The Balaban J connectivity index is 1.63. The van der Waals surface area contributed by atoms with Gasteiger partial charge in [-0.05, 0) is 50.3 Å². The fourth-order valence-electron chi connectivity index (χ4n) is 4.34. The van der Waals surface area contributed by atoms with E-state index in [1.807, 2.05) is 31.2 Å². The minimum absolute atomic E-state index is 0.0232. The molecule has 0 radical (unpaired) electrons. The van der Waals surface area contributed by atoms with Gasteiger partial charge < -0.3 is 10.2 Å². The van der Waals surface area contributed by atoms with E-state index in [1.165, 1.54) is 32.1 Å². The normalized spacial score (nSPS) is 24.5. The highest BCUT2D eigenvalue weighted by Gasteiger charge is 2.47. The SMILES string of the molecule is C[C@@]1(C(=O)NC2CCCCCCC2)CCC(=O)N1CCc1ccc(Cl)cc1. The molecule has 0 bridgehead atoms. The van der Waals surface area contributed by atoms with Crippen molar-refractivity contribution >= 4 is 23.4 Å². The Morgan fingerprint density at radius 2 is 1.78 bits per heavy atom. The van der Waals surface area contributed by atoms with Crippen LogP contribution < -0.4 is 5.32 Å². The molecule has 2 aliphatic rings. The van der Waals surface area contributed by atoms with Crippen LogP contribution in [0.1, 0.15) is 70.3 Å². The van der Waals surface area contributed by atoms with Crippen LogP contribution >= 0.6 is 11.6 Å². The van der Waals surface area contributed by atoms with Crippen LogP contribution in [0.25, 0.3) is 0 Å². The third kappa shape index (κ3) is 5.04. The lowest BCUT2D eigenvalue weighted by molar-refractivity contribution is -0.141. The van der Waals surface area contributed by atoms with Crippen molar-refractivity contribution in [3.8, 4) is 0 Å². The summed E-state index contributed by atoms with van der Waals surface area (Å²) in [6.07, 6.45) is 10.1. The summed E-state index contributed by atoms with van der Waals surface area (Å²) in [5.41, 5.74) is 0.396. The van der Waals surface area contributed by atoms with Gasteiger partial charge in [0.15, 0.2) is 0 Å². The molecule has 4 nitrogen and oxygen atoms in total. The number of hydrogen-bond acceptors (Lipinski definition) is 2. The molecule has 1 atom stereocenters. The van der Waals surface area contributed by atoms with Crippen molar-refractivity contribution < 1.29 is 9.59 Å². The lowest BCUT2D eigenvalue weighted by Gasteiger charge is -2.35. The summed E-state index contributed by atoms with van der Waals surface area (Å²) in [5, 5.41) is 3.98. The van der Waals surface area contributed by atoms with Gasteiger partial charge in [-0.1, -0.05) is 55.8 Å². The molecule has 1 N–H and O–H groups in total. The Morgan fingerprint density at radius 3 is 2.44 bits per heavy atom. The average Bonchev–Trinajstić information content (AvgIpc) is 2.92. The summed E-state index contributed by atoms with van der Waals surface area (Å²) in [4.78, 5) is 27.4. The zero-order valence-electron chi connectivity index (χ0n) is 16.3. The summed E-state index contributed by atoms with van der Waals surface area (Å²) in [5.74, 6) is 0.106. The van der Waals surface area contributed by atoms with Crippen LogP contribution in [0.15, 0.2) is 24.3 Å². The summed E-state index contributed by atoms with van der Waals surface area (Å²) in [7, 11) is 0. The molecule has 5 heteroatoms. The van der Waals surface area contributed by atoms with Gasteiger partial charge in [0, 0.05) is 24.0 Å². The van der Waals surface area contributed by atoms with Gasteiger partial charge in [0.2, 0.25) is 11.8 Å². The highest BCUT2D eigenvalue weighted by Crippen LogP contribution is 2.31. The van der Waals surface area contributed by atoms with E-state index in [0.29, 0.717) is 24.4 Å². The Bertz CT molecular complexity index is 653. The summed E-state index contributed by atoms with van der Waals surface area (Å²) in [6.45, 7) is 2.49. The first-order valence-corrected chi connectivity index (χ1v) is 10.7. The van der Waals surface area contributed by atoms with E-state index in [0.717, 1.165) is 24.8 Å². The van der Waals surface area contributed by atoms with E-state index in [2.05, 4.69) is 5.32 Å². The third-order valence-corrected chi connectivity index (χ3v) is 6.44. The molecular formula is C22H31ClN2O2. The van der Waals surface area contributed by atoms with Gasteiger partial charge in [0.05, 0.1) is 0 Å². The van der Waals surface area contributed by atoms with Crippen LogP contribution in [0.3, 0.4) is 0 Å². The second kappa shape index (κ2) is 9.09. The minimum atomic E-state index is -0.730. The Hall–Kier alpha value is -1.55. The first-order chi connectivity index (χ1) is 13.0. The van der Waals surface area contributed by atoms with Crippen LogP contribution in [-0.4, -0.2) is 34.8 Å². The highest BCUT2D eigenvalue weighted by atomic mass is 35.5. The molecule has 1 aromatic carbocycles. The van der Waals surface area contributed by atoms with E-state index in [1.54, 1.807) is 4.90 Å². The maximum atomic E-state index is 13.1. The molecule has 0 aromatic heterocycles. The fourth-order valence-corrected chi connectivity index (χ4v) is 4.46. The molecule has 1 aromatic rings. The fraction of sp³-hybridized carbons (Fsp3) is 0.636. The predicted octanol–water partition coefficient (Wildman–Crippen LogP) is 4.49. The Morgan fingerprint density at radius 1 is 1.15 bits per heavy atom. The van der Waals surface area contributed by atoms with Crippen molar-refractivity contribution in [2.24, 2.45) is 0 Å². The van der Waals surface area contributed by atoms with Gasteiger partial charge in [-0.25, -0.2) is 0 Å². The zero-order chi connectivity index (χ0) is 19.3. The van der Waals surface area contributed by atoms with Crippen molar-refractivity contribution in [1.29, 1.82) is 0 Å². The highest BCUT2D eigenvalue weighted by molar-refractivity contribution is 6.30. The number of amides is 2. The monoisotopic (exact) mass is 390 g/mol. The van der Waals surface area contributed by atoms with Crippen LogP contribution in [0, 0.1) is 0 Å². The van der Waals surface area contributed by atoms with Gasteiger partial charge in [-0.2, -0.15) is 0 Å². The zero-order valence-corrected chi connectivity index (χ0v) is 17.1. The molecule has 1 heterocycles. The van der Waals surface area contributed by atoms with Crippen molar-refractivity contribution in [2.75, 3.05) is 6.54 Å². The van der Waals surface area contributed by atoms with Gasteiger partial charge in [-0.15, -0.1) is 0 Å². The summed E-state index contributed by atoms with van der Waals surface area (Å²) >= 11 is 5.95. The number of nitrogens with one attached hydrogen (secondary N) is 1. The molecule has 1 saturated heterocycles. The van der Waals surface area contributed by atoms with Gasteiger partial charge in [0.1, 0.15) is 5.54 Å². The summed E-state index contributed by atoms with van der Waals surface area (Å²) < 4.78 is 0. The molecule has 0 unspecified atom stereocenters. The second-order valence-corrected chi connectivity index (χ2v) is 8.65. The van der Waals surface area contributed by atoms with E-state index >= 15 is 0 Å². The number of likely N-dealkylation sites (tertiary alicyclic amines) is 1. The molecule has 1 aliphatic heterocycles. The lowest BCUT2D eigenvalue weighted by Crippen LogP contribution is -2.56. The molecule has 1 aliphatic carbocycles. The van der Waals surface area contributed by atoms with Gasteiger partial charge in [0.25, 0.3) is 0 Å². The lowest BCUT2D eigenvalue weighted by atomic mass is 9.93. The molecule has 3 rings (SSSR count). The Labute approximate surface area is 167 Å². The Kier molecular flexibility index (Phi) is 6.80. The molecular weight excluding hydrogens is 360 g/mol. The largest absolute Gasteiger partial charge is 0.351 e. The van der Waals surface area contributed by atoms with E-state index < -0.39 is 5.54 Å². The van der Waals surface area contributed by atoms with Crippen LogP contribution in [0.4, 0.5) is 0 Å². The van der Waals surface area contributed by atoms with Crippen LogP contribution in [-0.2, 0) is 16.0 Å². The van der Waals surface area contributed by atoms with E-state index in [-0.39, 0.29) is 17.9 Å². The number of halogens is 1. The number of hydrogen-bond donors (Lipinski definition) is 1. The number of nitrogens with zero attached hydrogens (tertiary/aromatic N) is 1. The number of carbonyl (C=O) groups excluding carboxylic acids is 2. The smallest absolute Gasteiger partial charge is 0.245 e. The van der Waals surface area contributed by atoms with Crippen LogP contribution in [0.2, 0.25) is 5.02 Å². The topological polar surface area (TPSA) is 49.4 Å². The summed E-state index contributed by atoms with van der Waals surface area (Å²) in [6, 6.07) is 7.94. The van der Waals surface area contributed by atoms with Gasteiger partial charge >= 0.3 is 0 Å².